The Balaban J connectivity index is 2.23. The van der Waals surface area contributed by atoms with Gasteiger partial charge in [-0.15, -0.1) is 0 Å². The number of β-amino-alcohol motifs (C(OH)–C–C–N with tert-alkyl or cyclic N) is 1. The number of aliphatic hydroxyl groups excluding tert-OH is 1. The molecule has 1 saturated heterocycles. The second kappa shape index (κ2) is 5.92. The van der Waals surface area contributed by atoms with Crippen molar-refractivity contribution in [3.63, 3.8) is 0 Å². The van der Waals surface area contributed by atoms with Gasteiger partial charge in [0, 0.05) is 25.7 Å². The molecule has 1 aliphatic rings. The van der Waals surface area contributed by atoms with Crippen molar-refractivity contribution in [2.45, 2.75) is 31.9 Å². The van der Waals surface area contributed by atoms with Crippen LogP contribution in [-0.2, 0) is 4.74 Å². The number of likely N-dealkylation sites (tertiary alicyclic amines) is 1. The van der Waals surface area contributed by atoms with Crippen molar-refractivity contribution in [3.05, 3.63) is 0 Å². The summed E-state index contributed by atoms with van der Waals surface area (Å²) in [6.07, 6.45) is 1.05. The Morgan fingerprint density at radius 1 is 1.73 bits per heavy atom. The van der Waals surface area contributed by atoms with Gasteiger partial charge in [0.2, 0.25) is 0 Å². The van der Waals surface area contributed by atoms with E-state index in [2.05, 4.69) is 15.0 Å². The average molecular weight is 216 g/mol. The van der Waals surface area contributed by atoms with Crippen molar-refractivity contribution in [1.29, 1.82) is 0 Å². The quantitative estimate of drug-likeness (QED) is 0.704. The fourth-order valence-corrected chi connectivity index (χ4v) is 1.77. The summed E-state index contributed by atoms with van der Waals surface area (Å²) in [6.45, 7) is 4.37. The highest BCUT2D eigenvalue weighted by Gasteiger charge is 2.24. The first-order valence-corrected chi connectivity index (χ1v) is 5.40. The summed E-state index contributed by atoms with van der Waals surface area (Å²) in [5, 5.41) is 12.2. The number of methoxy groups -OCH3 is 1. The number of amides is 1. The highest BCUT2D eigenvalue weighted by Crippen LogP contribution is 2.10. The molecule has 0 radical (unpaired) electrons. The maximum absolute atomic E-state index is 11.0. The van der Waals surface area contributed by atoms with E-state index in [0.29, 0.717) is 6.54 Å². The van der Waals surface area contributed by atoms with Crippen LogP contribution in [0.4, 0.5) is 4.79 Å². The van der Waals surface area contributed by atoms with Gasteiger partial charge in [0.1, 0.15) is 0 Å². The molecule has 0 spiro atoms. The molecular weight excluding hydrogens is 196 g/mol. The van der Waals surface area contributed by atoms with E-state index in [1.54, 1.807) is 0 Å². The summed E-state index contributed by atoms with van der Waals surface area (Å²) in [5.41, 5.74) is 0. The molecule has 0 aliphatic carbocycles. The molecular formula is C10H20N2O3. The van der Waals surface area contributed by atoms with E-state index in [-0.39, 0.29) is 18.2 Å². The minimum atomic E-state index is -0.377. The number of ether oxygens (including phenoxy) is 1. The largest absolute Gasteiger partial charge is 0.453 e. The molecule has 0 aromatic heterocycles. The Hall–Kier alpha value is -0.810. The maximum Gasteiger partial charge on any atom is 0.407 e. The lowest BCUT2D eigenvalue weighted by Gasteiger charge is -2.19. The summed E-state index contributed by atoms with van der Waals surface area (Å²) in [7, 11) is 1.36. The molecule has 2 unspecified atom stereocenters. The molecule has 2 N–H and O–H groups in total. The molecule has 15 heavy (non-hydrogen) atoms. The van der Waals surface area contributed by atoms with Crippen molar-refractivity contribution in [1.82, 2.24) is 10.2 Å². The number of hydrogen-bond acceptors (Lipinski definition) is 4. The molecule has 1 heterocycles. The number of nitrogens with zero attached hydrogens (tertiary/aromatic N) is 1. The third-order valence-corrected chi connectivity index (χ3v) is 2.72. The molecule has 5 nitrogen and oxygen atoms in total. The number of nitrogens with one attached hydrogen (secondary N) is 1. The van der Waals surface area contributed by atoms with E-state index in [9.17, 15) is 9.90 Å². The van der Waals surface area contributed by atoms with Crippen LogP contribution < -0.4 is 5.32 Å². The first-order valence-electron chi connectivity index (χ1n) is 5.40. The molecule has 0 bridgehead atoms. The molecule has 0 aromatic carbocycles. The Bertz CT molecular complexity index is 211. The van der Waals surface area contributed by atoms with Gasteiger partial charge in [-0.05, 0) is 12.8 Å². The van der Waals surface area contributed by atoms with Gasteiger partial charge in [-0.25, -0.2) is 4.79 Å². The summed E-state index contributed by atoms with van der Waals surface area (Å²) in [4.78, 5) is 13.1. The molecule has 1 amide bonds. The molecule has 88 valence electrons. The van der Waals surface area contributed by atoms with Crippen LogP contribution in [0.2, 0.25) is 0 Å². The van der Waals surface area contributed by atoms with Crippen LogP contribution in [-0.4, -0.2) is 55.0 Å². The van der Waals surface area contributed by atoms with Gasteiger partial charge in [-0.1, -0.05) is 6.92 Å². The maximum atomic E-state index is 11.0. The van der Waals surface area contributed by atoms with Gasteiger partial charge in [0.25, 0.3) is 0 Å². The molecule has 1 fully saturated rings. The monoisotopic (exact) mass is 216 g/mol. The third-order valence-electron chi connectivity index (χ3n) is 2.72. The second-order valence-corrected chi connectivity index (χ2v) is 3.94. The normalized spacial score (nSPS) is 23.8. The van der Waals surface area contributed by atoms with Crippen molar-refractivity contribution in [2.24, 2.45) is 0 Å². The van der Waals surface area contributed by atoms with Gasteiger partial charge in [0.15, 0.2) is 0 Å². The van der Waals surface area contributed by atoms with Crippen LogP contribution >= 0.6 is 0 Å². The van der Waals surface area contributed by atoms with E-state index in [1.807, 2.05) is 6.92 Å². The van der Waals surface area contributed by atoms with Crippen molar-refractivity contribution in [2.75, 3.05) is 26.7 Å². The fourth-order valence-electron chi connectivity index (χ4n) is 1.77. The molecule has 5 heteroatoms. The number of rotatable bonds is 4. The van der Waals surface area contributed by atoms with Gasteiger partial charge in [-0.3, -0.25) is 4.90 Å². The van der Waals surface area contributed by atoms with Crippen LogP contribution in [0.3, 0.4) is 0 Å². The predicted octanol–water partition coefficient (Wildman–Crippen LogP) is 0.188. The Labute approximate surface area is 90.4 Å². The average Bonchev–Trinajstić information content (AvgIpc) is 2.65. The molecule has 1 aliphatic heterocycles. The highest BCUT2D eigenvalue weighted by atomic mass is 16.5. The first-order chi connectivity index (χ1) is 7.15. The van der Waals surface area contributed by atoms with E-state index in [4.69, 9.17) is 0 Å². The van der Waals surface area contributed by atoms with Gasteiger partial charge in [-0.2, -0.15) is 0 Å². The van der Waals surface area contributed by atoms with Gasteiger partial charge in [0.05, 0.1) is 13.2 Å². The van der Waals surface area contributed by atoms with Crippen LogP contribution in [0.1, 0.15) is 19.8 Å². The van der Waals surface area contributed by atoms with Gasteiger partial charge >= 0.3 is 6.09 Å². The summed E-state index contributed by atoms with van der Waals surface area (Å²) < 4.78 is 4.53. The zero-order chi connectivity index (χ0) is 11.3. The fraction of sp³-hybridized carbons (Fsp3) is 0.900. The zero-order valence-electron chi connectivity index (χ0n) is 9.40. The standard InChI is InChI=1S/C10H20N2O3/c1-3-9(13)7-12-5-4-8(6-12)11-10(14)15-2/h8-9,13H,3-7H2,1-2H3,(H,11,14). The number of alkyl carbamates (subject to hydrolysis) is 1. The lowest BCUT2D eigenvalue weighted by atomic mass is 10.2. The number of carbonyl (C=O) groups is 1. The summed E-state index contributed by atoms with van der Waals surface area (Å²) in [5.74, 6) is 0. The lowest BCUT2D eigenvalue weighted by Crippen LogP contribution is -2.38. The number of aliphatic hydroxyl groups is 1. The Kier molecular flexibility index (Phi) is 4.84. The van der Waals surface area contributed by atoms with Crippen LogP contribution in [0, 0.1) is 0 Å². The predicted molar refractivity (Wildman–Crippen MR) is 56.7 cm³/mol. The van der Waals surface area contributed by atoms with Crippen LogP contribution in [0.25, 0.3) is 0 Å². The highest BCUT2D eigenvalue weighted by molar-refractivity contribution is 5.67. The summed E-state index contributed by atoms with van der Waals surface area (Å²) >= 11 is 0. The molecule has 2 atom stereocenters. The van der Waals surface area contributed by atoms with Gasteiger partial charge < -0.3 is 15.2 Å². The van der Waals surface area contributed by atoms with Crippen molar-refractivity contribution >= 4 is 6.09 Å². The SMILES string of the molecule is CCC(O)CN1CCC(NC(=O)OC)C1. The second-order valence-electron chi connectivity index (χ2n) is 3.94. The number of carbonyl (C=O) groups excluding carboxylic acids is 1. The topological polar surface area (TPSA) is 61.8 Å². The number of hydrogen-bond donors (Lipinski definition) is 2. The molecule has 1 rings (SSSR count). The van der Waals surface area contributed by atoms with E-state index in [0.717, 1.165) is 25.9 Å². The van der Waals surface area contributed by atoms with E-state index in [1.165, 1.54) is 7.11 Å². The molecule has 0 aromatic rings. The minimum Gasteiger partial charge on any atom is -0.453 e. The Morgan fingerprint density at radius 3 is 3.07 bits per heavy atom. The zero-order valence-corrected chi connectivity index (χ0v) is 9.40. The van der Waals surface area contributed by atoms with E-state index < -0.39 is 0 Å². The lowest BCUT2D eigenvalue weighted by molar-refractivity contribution is 0.120. The summed E-state index contributed by atoms with van der Waals surface area (Å²) in [6, 6.07) is 0.154. The van der Waals surface area contributed by atoms with E-state index >= 15 is 0 Å². The minimum absolute atomic E-state index is 0.154. The van der Waals surface area contributed by atoms with Crippen molar-refractivity contribution < 1.29 is 14.6 Å². The van der Waals surface area contributed by atoms with Crippen LogP contribution in [0.15, 0.2) is 0 Å². The third kappa shape index (κ3) is 4.05. The first kappa shape index (κ1) is 12.3. The molecule has 0 saturated carbocycles. The van der Waals surface area contributed by atoms with Crippen LogP contribution in [0.5, 0.6) is 0 Å². The van der Waals surface area contributed by atoms with Crippen molar-refractivity contribution in [3.8, 4) is 0 Å². The Morgan fingerprint density at radius 2 is 2.47 bits per heavy atom. The smallest absolute Gasteiger partial charge is 0.407 e.